The van der Waals surface area contributed by atoms with Crippen molar-refractivity contribution in [3.63, 3.8) is 0 Å². The minimum atomic E-state index is -0.187. The molecule has 0 spiro atoms. The number of unbranched alkanes of at least 4 members (excludes halogenated alkanes) is 8. The Morgan fingerprint density at radius 3 is 1.53 bits per heavy atom. The lowest BCUT2D eigenvalue weighted by molar-refractivity contribution is -0.118. The first-order chi connectivity index (χ1) is 7.27. The molecule has 0 saturated heterocycles. The van der Waals surface area contributed by atoms with E-state index < -0.39 is 0 Å². The van der Waals surface area contributed by atoms with E-state index in [-0.39, 0.29) is 12.5 Å². The molecular weight excluding hydrogens is 190 g/mol. The number of rotatable bonds is 11. The molecular formula is C12H24NO2. The third-order valence-corrected chi connectivity index (χ3v) is 2.57. The van der Waals surface area contributed by atoms with Gasteiger partial charge in [-0.15, -0.1) is 0 Å². The van der Waals surface area contributed by atoms with Gasteiger partial charge in [0.25, 0.3) is 0 Å². The molecule has 89 valence electrons. The van der Waals surface area contributed by atoms with Gasteiger partial charge in [-0.3, -0.25) is 4.79 Å². The van der Waals surface area contributed by atoms with Gasteiger partial charge in [0.2, 0.25) is 5.91 Å². The van der Waals surface area contributed by atoms with Crippen LogP contribution in [0.3, 0.4) is 0 Å². The fourth-order valence-electron chi connectivity index (χ4n) is 1.64. The van der Waals surface area contributed by atoms with Crippen LogP contribution in [0.1, 0.15) is 64.2 Å². The molecule has 3 nitrogen and oxygen atoms in total. The summed E-state index contributed by atoms with van der Waals surface area (Å²) in [6.07, 6.45) is 10.7. The maximum atomic E-state index is 10.4. The maximum Gasteiger partial charge on any atom is 0.217 e. The van der Waals surface area contributed by atoms with Crippen molar-refractivity contribution >= 4 is 5.91 Å². The van der Waals surface area contributed by atoms with Gasteiger partial charge in [-0.1, -0.05) is 44.9 Å². The number of hydrogen-bond acceptors (Lipinski definition) is 1. The van der Waals surface area contributed by atoms with Gasteiger partial charge in [-0.2, -0.15) is 0 Å². The molecule has 0 bridgehead atoms. The van der Waals surface area contributed by atoms with Crippen LogP contribution in [0, 0.1) is 0 Å². The second-order valence-corrected chi connectivity index (χ2v) is 4.10. The van der Waals surface area contributed by atoms with Crippen LogP contribution >= 0.6 is 0 Å². The second-order valence-electron chi connectivity index (χ2n) is 4.10. The van der Waals surface area contributed by atoms with Gasteiger partial charge in [-0.05, 0) is 12.8 Å². The van der Waals surface area contributed by atoms with E-state index in [2.05, 4.69) is 0 Å². The average Bonchev–Trinajstić information content (AvgIpc) is 2.20. The van der Waals surface area contributed by atoms with Gasteiger partial charge in [0.05, 0.1) is 6.61 Å². The Morgan fingerprint density at radius 2 is 1.13 bits per heavy atom. The molecule has 0 aliphatic rings. The number of amides is 1. The van der Waals surface area contributed by atoms with Gasteiger partial charge in [0.1, 0.15) is 0 Å². The SMILES string of the molecule is NC(=O)CCCCCCCCCCC[O]. The van der Waals surface area contributed by atoms with Crippen molar-refractivity contribution in [1.82, 2.24) is 0 Å². The van der Waals surface area contributed by atoms with Crippen molar-refractivity contribution in [2.45, 2.75) is 64.2 Å². The van der Waals surface area contributed by atoms with Crippen LogP contribution in [0.25, 0.3) is 0 Å². The summed E-state index contributed by atoms with van der Waals surface area (Å²) in [4.78, 5) is 10.4. The van der Waals surface area contributed by atoms with E-state index in [1.807, 2.05) is 0 Å². The van der Waals surface area contributed by atoms with Crippen molar-refractivity contribution < 1.29 is 9.90 Å². The van der Waals surface area contributed by atoms with Crippen molar-refractivity contribution in [2.75, 3.05) is 6.61 Å². The number of carbonyl (C=O) groups is 1. The lowest BCUT2D eigenvalue weighted by atomic mass is 10.1. The van der Waals surface area contributed by atoms with E-state index in [9.17, 15) is 9.90 Å². The predicted octanol–water partition coefficient (Wildman–Crippen LogP) is 2.80. The molecule has 0 aliphatic heterocycles. The highest BCUT2D eigenvalue weighted by molar-refractivity contribution is 5.73. The van der Waals surface area contributed by atoms with Crippen LogP contribution in [0.15, 0.2) is 0 Å². The number of carbonyl (C=O) groups excluding carboxylic acids is 1. The van der Waals surface area contributed by atoms with E-state index in [1.54, 1.807) is 0 Å². The van der Waals surface area contributed by atoms with Crippen molar-refractivity contribution in [3.05, 3.63) is 0 Å². The van der Waals surface area contributed by atoms with Gasteiger partial charge in [0, 0.05) is 6.42 Å². The summed E-state index contributed by atoms with van der Waals surface area (Å²) in [5, 5.41) is 10.2. The average molecular weight is 214 g/mol. The van der Waals surface area contributed by atoms with Gasteiger partial charge in [-0.25, -0.2) is 5.11 Å². The molecule has 3 heteroatoms. The monoisotopic (exact) mass is 214 g/mol. The van der Waals surface area contributed by atoms with Crippen molar-refractivity contribution in [1.29, 1.82) is 0 Å². The summed E-state index contributed by atoms with van der Waals surface area (Å²) in [6, 6.07) is 0. The van der Waals surface area contributed by atoms with Crippen molar-refractivity contribution in [3.8, 4) is 0 Å². The van der Waals surface area contributed by atoms with Gasteiger partial charge >= 0.3 is 0 Å². The Bertz CT molecular complexity index is 149. The van der Waals surface area contributed by atoms with E-state index >= 15 is 0 Å². The molecule has 2 N–H and O–H groups in total. The zero-order valence-corrected chi connectivity index (χ0v) is 9.67. The smallest absolute Gasteiger partial charge is 0.217 e. The maximum absolute atomic E-state index is 10.4. The lowest BCUT2D eigenvalue weighted by Crippen LogP contribution is -2.09. The standard InChI is InChI=1S/C12H24NO2/c13-12(15)10-8-6-4-2-1-3-5-7-9-11-14/h1-11H2,(H2,13,15). The third kappa shape index (κ3) is 13.4. The Hall–Kier alpha value is -0.570. The summed E-state index contributed by atoms with van der Waals surface area (Å²) in [5.74, 6) is -0.187. The molecule has 0 unspecified atom stereocenters. The van der Waals surface area contributed by atoms with Crippen LogP contribution < -0.4 is 5.73 Å². The highest BCUT2D eigenvalue weighted by Gasteiger charge is 1.95. The molecule has 1 amide bonds. The number of primary amides is 1. The Balaban J connectivity index is 2.89. The highest BCUT2D eigenvalue weighted by Crippen LogP contribution is 2.10. The highest BCUT2D eigenvalue weighted by atomic mass is 16.2. The Morgan fingerprint density at radius 1 is 0.733 bits per heavy atom. The Kier molecular flexibility index (Phi) is 11.1. The molecule has 0 aromatic carbocycles. The second kappa shape index (κ2) is 11.5. The van der Waals surface area contributed by atoms with E-state index in [4.69, 9.17) is 5.73 Å². The van der Waals surface area contributed by atoms with Crippen LogP contribution in [0.4, 0.5) is 0 Å². The molecule has 0 fully saturated rings. The summed E-state index contributed by atoms with van der Waals surface area (Å²) in [7, 11) is 0. The minimum absolute atomic E-state index is 0.0765. The largest absolute Gasteiger partial charge is 0.370 e. The third-order valence-electron chi connectivity index (χ3n) is 2.57. The fourth-order valence-corrected chi connectivity index (χ4v) is 1.64. The molecule has 0 aromatic rings. The summed E-state index contributed by atoms with van der Waals surface area (Å²) in [5.41, 5.74) is 5.04. The summed E-state index contributed by atoms with van der Waals surface area (Å²) >= 11 is 0. The first-order valence-corrected chi connectivity index (χ1v) is 6.14. The first kappa shape index (κ1) is 14.4. The molecule has 0 aliphatic carbocycles. The van der Waals surface area contributed by atoms with Crippen LogP contribution in [0.5, 0.6) is 0 Å². The predicted molar refractivity (Wildman–Crippen MR) is 60.9 cm³/mol. The van der Waals surface area contributed by atoms with Crippen LogP contribution in [-0.4, -0.2) is 12.5 Å². The quantitative estimate of drug-likeness (QED) is 0.528. The first-order valence-electron chi connectivity index (χ1n) is 6.14. The van der Waals surface area contributed by atoms with E-state index in [0.29, 0.717) is 6.42 Å². The topological polar surface area (TPSA) is 63.0 Å². The number of nitrogens with two attached hydrogens (primary N) is 1. The molecule has 0 aromatic heterocycles. The normalized spacial score (nSPS) is 10.5. The number of hydrogen-bond donors (Lipinski definition) is 1. The van der Waals surface area contributed by atoms with Crippen molar-refractivity contribution in [2.24, 2.45) is 5.73 Å². The minimum Gasteiger partial charge on any atom is -0.370 e. The Labute approximate surface area is 93.0 Å². The van der Waals surface area contributed by atoms with E-state index in [1.165, 1.54) is 32.1 Å². The molecule has 0 atom stereocenters. The van der Waals surface area contributed by atoms with Crippen LogP contribution in [-0.2, 0) is 9.90 Å². The summed E-state index contributed by atoms with van der Waals surface area (Å²) in [6.45, 7) is 0.0765. The lowest BCUT2D eigenvalue weighted by Gasteiger charge is -2.00. The van der Waals surface area contributed by atoms with Gasteiger partial charge in [0.15, 0.2) is 0 Å². The molecule has 15 heavy (non-hydrogen) atoms. The van der Waals surface area contributed by atoms with E-state index in [0.717, 1.165) is 25.7 Å². The molecule has 0 saturated carbocycles. The van der Waals surface area contributed by atoms with Gasteiger partial charge < -0.3 is 5.73 Å². The fraction of sp³-hybridized carbons (Fsp3) is 0.917. The zero-order valence-electron chi connectivity index (χ0n) is 9.67. The molecule has 1 radical (unpaired) electrons. The zero-order chi connectivity index (χ0) is 11.4. The molecule has 0 heterocycles. The van der Waals surface area contributed by atoms with Crippen LogP contribution in [0.2, 0.25) is 0 Å². The molecule has 0 rings (SSSR count). The summed E-state index contributed by atoms with van der Waals surface area (Å²) < 4.78 is 0.